The molecule has 1 aliphatic rings. The first-order valence-corrected chi connectivity index (χ1v) is 8.86. The second-order valence-corrected chi connectivity index (χ2v) is 7.95. The Morgan fingerprint density at radius 2 is 2.06 bits per heavy atom. The molecule has 0 bridgehead atoms. The SMILES string of the molecule is CCCNCC(C(C)C)N1CCS(=O)(=O)CC1C. The molecule has 1 N–H and O–H groups in total. The Bertz CT molecular complexity index is 341. The number of rotatable bonds is 6. The predicted molar refractivity (Wildman–Crippen MR) is 76.6 cm³/mol. The zero-order chi connectivity index (χ0) is 13.8. The summed E-state index contributed by atoms with van der Waals surface area (Å²) >= 11 is 0. The van der Waals surface area contributed by atoms with Crippen molar-refractivity contribution in [3.8, 4) is 0 Å². The van der Waals surface area contributed by atoms with Crippen LogP contribution in [0.5, 0.6) is 0 Å². The molecular weight excluding hydrogens is 248 g/mol. The molecule has 0 spiro atoms. The highest BCUT2D eigenvalue weighted by molar-refractivity contribution is 7.91. The van der Waals surface area contributed by atoms with Crippen molar-refractivity contribution in [1.82, 2.24) is 10.2 Å². The van der Waals surface area contributed by atoms with Crippen molar-refractivity contribution >= 4 is 9.84 Å². The van der Waals surface area contributed by atoms with E-state index in [2.05, 4.69) is 31.0 Å². The van der Waals surface area contributed by atoms with Crippen LogP contribution in [-0.4, -0.2) is 56.5 Å². The molecule has 4 nitrogen and oxygen atoms in total. The quantitative estimate of drug-likeness (QED) is 0.739. The summed E-state index contributed by atoms with van der Waals surface area (Å²) in [5, 5.41) is 3.46. The summed E-state index contributed by atoms with van der Waals surface area (Å²) in [6, 6.07) is 0.571. The van der Waals surface area contributed by atoms with Crippen LogP contribution in [0.15, 0.2) is 0 Å². The molecule has 1 saturated heterocycles. The summed E-state index contributed by atoms with van der Waals surface area (Å²) in [6.07, 6.45) is 1.13. The molecule has 0 saturated carbocycles. The van der Waals surface area contributed by atoms with Crippen LogP contribution in [0.4, 0.5) is 0 Å². The highest BCUT2D eigenvalue weighted by atomic mass is 32.2. The third kappa shape index (κ3) is 4.52. The van der Waals surface area contributed by atoms with Gasteiger partial charge in [-0.3, -0.25) is 4.90 Å². The van der Waals surface area contributed by atoms with Gasteiger partial charge in [-0.1, -0.05) is 20.8 Å². The van der Waals surface area contributed by atoms with Gasteiger partial charge in [0.15, 0.2) is 9.84 Å². The molecule has 0 amide bonds. The van der Waals surface area contributed by atoms with Crippen molar-refractivity contribution in [2.45, 2.75) is 46.2 Å². The minimum Gasteiger partial charge on any atom is -0.315 e. The number of nitrogens with zero attached hydrogens (tertiary/aromatic N) is 1. The topological polar surface area (TPSA) is 49.4 Å². The maximum atomic E-state index is 11.6. The van der Waals surface area contributed by atoms with E-state index >= 15 is 0 Å². The summed E-state index contributed by atoms with van der Waals surface area (Å²) < 4.78 is 23.2. The maximum Gasteiger partial charge on any atom is 0.153 e. The summed E-state index contributed by atoms with van der Waals surface area (Å²) in [4.78, 5) is 2.37. The number of hydrogen-bond acceptors (Lipinski definition) is 4. The van der Waals surface area contributed by atoms with Crippen LogP contribution in [0.1, 0.15) is 34.1 Å². The first kappa shape index (κ1) is 15.9. The zero-order valence-corrected chi connectivity index (χ0v) is 13.0. The van der Waals surface area contributed by atoms with Crippen molar-refractivity contribution in [3.63, 3.8) is 0 Å². The van der Waals surface area contributed by atoms with Crippen LogP contribution in [0.25, 0.3) is 0 Å². The minimum atomic E-state index is -2.81. The smallest absolute Gasteiger partial charge is 0.153 e. The average molecular weight is 276 g/mol. The standard InChI is InChI=1S/C13H28N2O2S/c1-5-6-14-9-13(11(2)3)15-7-8-18(16,17)10-12(15)4/h11-14H,5-10H2,1-4H3. The normalized spacial score (nSPS) is 26.4. The van der Waals surface area contributed by atoms with Crippen LogP contribution in [0.2, 0.25) is 0 Å². The van der Waals surface area contributed by atoms with Gasteiger partial charge in [0.25, 0.3) is 0 Å². The second kappa shape index (κ2) is 6.87. The summed E-state index contributed by atoms with van der Waals surface area (Å²) in [5.74, 6) is 1.16. The fourth-order valence-corrected chi connectivity index (χ4v) is 4.25. The highest BCUT2D eigenvalue weighted by Crippen LogP contribution is 2.19. The molecule has 1 heterocycles. The first-order chi connectivity index (χ1) is 8.37. The monoisotopic (exact) mass is 276 g/mol. The molecule has 18 heavy (non-hydrogen) atoms. The minimum absolute atomic E-state index is 0.138. The largest absolute Gasteiger partial charge is 0.315 e. The molecule has 1 aliphatic heterocycles. The van der Waals surface area contributed by atoms with Gasteiger partial charge in [0.2, 0.25) is 0 Å². The third-order valence-corrected chi connectivity index (χ3v) is 5.49. The maximum absolute atomic E-state index is 11.6. The Morgan fingerprint density at radius 3 is 2.56 bits per heavy atom. The third-order valence-electron chi connectivity index (χ3n) is 3.70. The first-order valence-electron chi connectivity index (χ1n) is 7.04. The Kier molecular flexibility index (Phi) is 6.08. The van der Waals surface area contributed by atoms with Crippen LogP contribution < -0.4 is 5.32 Å². The van der Waals surface area contributed by atoms with Crippen LogP contribution >= 0.6 is 0 Å². The van der Waals surface area contributed by atoms with Gasteiger partial charge in [-0.05, 0) is 25.8 Å². The Labute approximate surface area is 112 Å². The van der Waals surface area contributed by atoms with E-state index in [1.165, 1.54) is 0 Å². The van der Waals surface area contributed by atoms with Gasteiger partial charge >= 0.3 is 0 Å². The fourth-order valence-electron chi connectivity index (χ4n) is 2.67. The van der Waals surface area contributed by atoms with E-state index in [1.807, 2.05) is 6.92 Å². The Morgan fingerprint density at radius 1 is 1.39 bits per heavy atom. The van der Waals surface area contributed by atoms with Gasteiger partial charge in [-0.25, -0.2) is 8.42 Å². The van der Waals surface area contributed by atoms with Gasteiger partial charge < -0.3 is 5.32 Å². The highest BCUT2D eigenvalue weighted by Gasteiger charge is 2.33. The lowest BCUT2D eigenvalue weighted by molar-refractivity contribution is 0.120. The van der Waals surface area contributed by atoms with Crippen molar-refractivity contribution in [3.05, 3.63) is 0 Å². The van der Waals surface area contributed by atoms with E-state index in [0.717, 1.165) is 19.5 Å². The predicted octanol–water partition coefficient (Wildman–Crippen LogP) is 1.13. The lowest BCUT2D eigenvalue weighted by Crippen LogP contribution is -2.56. The molecule has 1 fully saturated rings. The van der Waals surface area contributed by atoms with E-state index in [1.54, 1.807) is 0 Å². The lowest BCUT2D eigenvalue weighted by Gasteiger charge is -2.41. The molecule has 2 unspecified atom stereocenters. The second-order valence-electron chi connectivity index (χ2n) is 5.72. The summed E-state index contributed by atoms with van der Waals surface area (Å²) in [5.41, 5.74) is 0. The van der Waals surface area contributed by atoms with E-state index in [9.17, 15) is 8.42 Å². The van der Waals surface area contributed by atoms with E-state index in [4.69, 9.17) is 0 Å². The lowest BCUT2D eigenvalue weighted by atomic mass is 10.0. The molecule has 108 valence electrons. The molecule has 0 aromatic rings. The Hall–Kier alpha value is -0.130. The molecule has 2 atom stereocenters. The van der Waals surface area contributed by atoms with Gasteiger partial charge in [0.1, 0.15) is 0 Å². The zero-order valence-electron chi connectivity index (χ0n) is 12.1. The molecule has 0 radical (unpaired) electrons. The van der Waals surface area contributed by atoms with Crippen LogP contribution in [0, 0.1) is 5.92 Å². The molecule has 0 aliphatic carbocycles. The molecule has 5 heteroatoms. The van der Waals surface area contributed by atoms with E-state index in [-0.39, 0.29) is 6.04 Å². The van der Waals surface area contributed by atoms with Gasteiger partial charge in [0, 0.05) is 25.2 Å². The van der Waals surface area contributed by atoms with Crippen molar-refractivity contribution in [2.24, 2.45) is 5.92 Å². The van der Waals surface area contributed by atoms with Gasteiger partial charge in [-0.2, -0.15) is 0 Å². The van der Waals surface area contributed by atoms with Crippen LogP contribution in [0.3, 0.4) is 0 Å². The summed E-state index contributed by atoms with van der Waals surface area (Å²) in [7, 11) is -2.81. The number of hydrogen-bond donors (Lipinski definition) is 1. The molecule has 0 aromatic carbocycles. The molecule has 1 rings (SSSR count). The van der Waals surface area contributed by atoms with Crippen LogP contribution in [-0.2, 0) is 9.84 Å². The van der Waals surface area contributed by atoms with Crippen molar-refractivity contribution in [2.75, 3.05) is 31.1 Å². The van der Waals surface area contributed by atoms with E-state index < -0.39 is 9.84 Å². The van der Waals surface area contributed by atoms with Gasteiger partial charge in [0.05, 0.1) is 11.5 Å². The fraction of sp³-hybridized carbons (Fsp3) is 1.00. The van der Waals surface area contributed by atoms with Gasteiger partial charge in [-0.15, -0.1) is 0 Å². The summed E-state index contributed by atoms with van der Waals surface area (Å²) in [6.45, 7) is 11.3. The van der Waals surface area contributed by atoms with E-state index in [0.29, 0.717) is 30.0 Å². The van der Waals surface area contributed by atoms with Crippen molar-refractivity contribution < 1.29 is 8.42 Å². The van der Waals surface area contributed by atoms with Crippen molar-refractivity contribution in [1.29, 1.82) is 0 Å². The molecule has 0 aromatic heterocycles. The number of sulfone groups is 1. The number of nitrogens with one attached hydrogen (secondary N) is 1. The Balaban J connectivity index is 2.63. The average Bonchev–Trinajstić information content (AvgIpc) is 2.24. The molecular formula is C13H28N2O2S.